The number of nitrogens with zero attached hydrogens (tertiary/aromatic N) is 2. The molecule has 4 heteroatoms. The van der Waals surface area contributed by atoms with E-state index in [0.29, 0.717) is 13.2 Å². The molecule has 0 fully saturated rings. The van der Waals surface area contributed by atoms with Gasteiger partial charge in [0.2, 0.25) is 0 Å². The predicted molar refractivity (Wildman–Crippen MR) is 56.0 cm³/mol. The summed E-state index contributed by atoms with van der Waals surface area (Å²) in [5, 5.41) is 0. The molecule has 1 heterocycles. The molecule has 0 spiro atoms. The highest BCUT2D eigenvalue weighted by Gasteiger charge is 2.10. The zero-order valence-electron chi connectivity index (χ0n) is 9.16. The molecule has 0 saturated carbocycles. The van der Waals surface area contributed by atoms with Crippen LogP contribution in [-0.2, 0) is 18.2 Å². The molecule has 0 aliphatic rings. The molecule has 4 nitrogen and oxygen atoms in total. The summed E-state index contributed by atoms with van der Waals surface area (Å²) >= 11 is 0. The quantitative estimate of drug-likeness (QED) is 0.707. The second-order valence-electron chi connectivity index (χ2n) is 4.25. The number of ether oxygens (including phenoxy) is 1. The molecule has 0 unspecified atom stereocenters. The van der Waals surface area contributed by atoms with Crippen molar-refractivity contribution in [3.8, 4) is 0 Å². The number of aromatic nitrogens is 2. The van der Waals surface area contributed by atoms with Crippen molar-refractivity contribution in [2.75, 3.05) is 13.2 Å². The van der Waals surface area contributed by atoms with Crippen LogP contribution in [0.5, 0.6) is 0 Å². The van der Waals surface area contributed by atoms with Crippen molar-refractivity contribution in [1.29, 1.82) is 0 Å². The third-order valence-corrected chi connectivity index (χ3v) is 1.87. The Bertz CT molecular complexity index is 275. The summed E-state index contributed by atoms with van der Waals surface area (Å²) in [6.07, 6.45) is 4.56. The highest BCUT2D eigenvalue weighted by Crippen LogP contribution is 1.99. The first kappa shape index (κ1) is 11.2. The third kappa shape index (κ3) is 3.89. The van der Waals surface area contributed by atoms with Crippen LogP contribution in [0.25, 0.3) is 0 Å². The number of hydrogen-bond donors (Lipinski definition) is 1. The Labute approximate surface area is 85.1 Å². The third-order valence-electron chi connectivity index (χ3n) is 1.87. The molecule has 1 aromatic heterocycles. The molecule has 0 aliphatic carbocycles. The summed E-state index contributed by atoms with van der Waals surface area (Å²) in [4.78, 5) is 4.20. The summed E-state index contributed by atoms with van der Waals surface area (Å²) in [7, 11) is 1.98. The minimum Gasteiger partial charge on any atom is -0.379 e. The highest BCUT2D eigenvalue weighted by molar-refractivity contribution is 4.90. The SMILES string of the molecule is Cn1ccnc1CCOCC(C)(C)N. The van der Waals surface area contributed by atoms with Gasteiger partial charge in [0.1, 0.15) is 5.82 Å². The second-order valence-corrected chi connectivity index (χ2v) is 4.25. The fourth-order valence-corrected chi connectivity index (χ4v) is 1.14. The van der Waals surface area contributed by atoms with Crippen molar-refractivity contribution < 1.29 is 4.74 Å². The molecule has 0 bridgehead atoms. The van der Waals surface area contributed by atoms with Crippen LogP contribution in [0.2, 0.25) is 0 Å². The van der Waals surface area contributed by atoms with E-state index in [0.717, 1.165) is 12.2 Å². The van der Waals surface area contributed by atoms with E-state index in [1.54, 1.807) is 6.20 Å². The molecule has 0 atom stereocenters. The lowest BCUT2D eigenvalue weighted by Gasteiger charge is -2.17. The first-order valence-corrected chi connectivity index (χ1v) is 4.82. The van der Waals surface area contributed by atoms with Crippen molar-refractivity contribution >= 4 is 0 Å². The van der Waals surface area contributed by atoms with Gasteiger partial charge in [0, 0.05) is 31.4 Å². The second kappa shape index (κ2) is 4.57. The van der Waals surface area contributed by atoms with Gasteiger partial charge in [-0.15, -0.1) is 0 Å². The average Bonchev–Trinajstić information content (AvgIpc) is 2.44. The first-order valence-electron chi connectivity index (χ1n) is 4.82. The molecule has 14 heavy (non-hydrogen) atoms. The largest absolute Gasteiger partial charge is 0.379 e. The van der Waals surface area contributed by atoms with Crippen molar-refractivity contribution in [3.63, 3.8) is 0 Å². The van der Waals surface area contributed by atoms with Crippen LogP contribution in [0, 0.1) is 0 Å². The molecule has 0 aromatic carbocycles. The van der Waals surface area contributed by atoms with Gasteiger partial charge in [0.05, 0.1) is 13.2 Å². The Morgan fingerprint density at radius 1 is 1.57 bits per heavy atom. The average molecular weight is 197 g/mol. The Morgan fingerprint density at radius 3 is 2.79 bits per heavy atom. The molecular formula is C10H19N3O. The monoisotopic (exact) mass is 197 g/mol. The van der Waals surface area contributed by atoms with Gasteiger partial charge >= 0.3 is 0 Å². The molecule has 0 radical (unpaired) electrons. The van der Waals surface area contributed by atoms with E-state index in [1.807, 2.05) is 31.7 Å². The minimum atomic E-state index is -0.248. The Morgan fingerprint density at radius 2 is 2.29 bits per heavy atom. The normalized spacial score (nSPS) is 12.0. The fourth-order valence-electron chi connectivity index (χ4n) is 1.14. The lowest BCUT2D eigenvalue weighted by molar-refractivity contribution is 0.0984. The van der Waals surface area contributed by atoms with Gasteiger partial charge in [-0.3, -0.25) is 0 Å². The fraction of sp³-hybridized carbons (Fsp3) is 0.700. The maximum Gasteiger partial charge on any atom is 0.110 e. The van der Waals surface area contributed by atoms with Crippen LogP contribution in [0.4, 0.5) is 0 Å². The van der Waals surface area contributed by atoms with Crippen molar-refractivity contribution in [1.82, 2.24) is 9.55 Å². The van der Waals surface area contributed by atoms with E-state index in [4.69, 9.17) is 10.5 Å². The Hall–Kier alpha value is -0.870. The van der Waals surface area contributed by atoms with Crippen molar-refractivity contribution in [3.05, 3.63) is 18.2 Å². The number of rotatable bonds is 5. The molecule has 80 valence electrons. The van der Waals surface area contributed by atoms with Gasteiger partial charge in [-0.2, -0.15) is 0 Å². The number of aryl methyl sites for hydroxylation is 1. The predicted octanol–water partition coefficient (Wildman–Crippen LogP) is 0.716. The number of nitrogens with two attached hydrogens (primary N) is 1. The van der Waals surface area contributed by atoms with Crippen LogP contribution in [0.1, 0.15) is 19.7 Å². The first-order chi connectivity index (χ1) is 6.49. The van der Waals surface area contributed by atoms with Crippen molar-refractivity contribution in [2.45, 2.75) is 25.8 Å². The van der Waals surface area contributed by atoms with Crippen LogP contribution in [-0.4, -0.2) is 28.3 Å². The zero-order valence-corrected chi connectivity index (χ0v) is 9.16. The van der Waals surface area contributed by atoms with Gasteiger partial charge < -0.3 is 15.0 Å². The smallest absolute Gasteiger partial charge is 0.110 e. The molecule has 0 saturated heterocycles. The highest BCUT2D eigenvalue weighted by atomic mass is 16.5. The van der Waals surface area contributed by atoms with Gasteiger partial charge in [-0.05, 0) is 13.8 Å². The van der Waals surface area contributed by atoms with E-state index < -0.39 is 0 Å². The van der Waals surface area contributed by atoms with E-state index in [2.05, 4.69) is 4.98 Å². The van der Waals surface area contributed by atoms with Gasteiger partial charge in [0.15, 0.2) is 0 Å². The van der Waals surface area contributed by atoms with Crippen LogP contribution >= 0.6 is 0 Å². The van der Waals surface area contributed by atoms with E-state index in [9.17, 15) is 0 Å². The zero-order chi connectivity index (χ0) is 10.6. The number of imidazole rings is 1. The molecule has 0 amide bonds. The van der Waals surface area contributed by atoms with Crippen molar-refractivity contribution in [2.24, 2.45) is 12.8 Å². The summed E-state index contributed by atoms with van der Waals surface area (Å²) < 4.78 is 7.45. The lowest BCUT2D eigenvalue weighted by Crippen LogP contribution is -2.37. The van der Waals surface area contributed by atoms with E-state index in [-0.39, 0.29) is 5.54 Å². The maximum atomic E-state index is 5.78. The minimum absolute atomic E-state index is 0.248. The summed E-state index contributed by atoms with van der Waals surface area (Å²) in [6, 6.07) is 0. The topological polar surface area (TPSA) is 53.1 Å². The molecular weight excluding hydrogens is 178 g/mol. The summed E-state index contributed by atoms with van der Waals surface area (Å²) in [5.41, 5.74) is 5.53. The molecule has 1 rings (SSSR count). The van der Waals surface area contributed by atoms with Gasteiger partial charge in [-0.25, -0.2) is 4.98 Å². The molecule has 2 N–H and O–H groups in total. The van der Waals surface area contributed by atoms with Crippen LogP contribution in [0.15, 0.2) is 12.4 Å². The molecule has 0 aliphatic heterocycles. The summed E-state index contributed by atoms with van der Waals surface area (Å²) in [5.74, 6) is 1.04. The lowest BCUT2D eigenvalue weighted by atomic mass is 10.1. The van der Waals surface area contributed by atoms with Crippen LogP contribution in [0.3, 0.4) is 0 Å². The van der Waals surface area contributed by atoms with Gasteiger partial charge in [-0.1, -0.05) is 0 Å². The van der Waals surface area contributed by atoms with Gasteiger partial charge in [0.25, 0.3) is 0 Å². The Kier molecular flexibility index (Phi) is 3.66. The number of hydrogen-bond acceptors (Lipinski definition) is 3. The standard InChI is InChI=1S/C10H19N3O/c1-10(2,11)8-14-7-4-9-12-5-6-13(9)3/h5-6H,4,7-8,11H2,1-3H3. The summed E-state index contributed by atoms with van der Waals surface area (Å²) in [6.45, 7) is 5.16. The van der Waals surface area contributed by atoms with E-state index in [1.165, 1.54) is 0 Å². The maximum absolute atomic E-state index is 5.78. The molecule has 1 aromatic rings. The van der Waals surface area contributed by atoms with Crippen LogP contribution < -0.4 is 5.73 Å². The van der Waals surface area contributed by atoms with E-state index >= 15 is 0 Å². The Balaban J connectivity index is 2.20.